The van der Waals surface area contributed by atoms with Crippen LogP contribution in [-0.4, -0.2) is 16.4 Å². The molecule has 2 aromatic rings. The van der Waals surface area contributed by atoms with Crippen molar-refractivity contribution in [2.75, 3.05) is 0 Å². The van der Waals surface area contributed by atoms with Gasteiger partial charge in [-0.05, 0) is 56.5 Å². The molecular weight excluding hydrogens is 309 g/mol. The van der Waals surface area contributed by atoms with Crippen LogP contribution in [0.15, 0.2) is 30.3 Å². The molecule has 0 bridgehead atoms. The molecule has 126 valence electrons. The van der Waals surface area contributed by atoms with Crippen LogP contribution < -0.4 is 10.9 Å². The van der Waals surface area contributed by atoms with Crippen molar-refractivity contribution in [3.05, 3.63) is 53.1 Å². The summed E-state index contributed by atoms with van der Waals surface area (Å²) in [5.74, 6) is -0.445. The van der Waals surface area contributed by atoms with Crippen LogP contribution in [0.2, 0.25) is 0 Å². The number of aryl methyl sites for hydroxylation is 1. The highest BCUT2D eigenvalue weighted by molar-refractivity contribution is 5.97. The van der Waals surface area contributed by atoms with Gasteiger partial charge in [-0.1, -0.05) is 6.92 Å². The molecule has 0 unspecified atom stereocenters. The molecule has 1 aromatic carbocycles. The summed E-state index contributed by atoms with van der Waals surface area (Å²) in [4.78, 5) is 24.1. The number of hydrogen-bond donors (Lipinski definition) is 2. The molecule has 5 nitrogen and oxygen atoms in total. The second-order valence-electron chi connectivity index (χ2n) is 6.36. The van der Waals surface area contributed by atoms with Crippen LogP contribution in [-0.2, 0) is 4.79 Å². The van der Waals surface area contributed by atoms with Crippen molar-refractivity contribution in [1.82, 2.24) is 15.4 Å². The van der Waals surface area contributed by atoms with Crippen LogP contribution in [0.3, 0.4) is 0 Å². The Kier molecular flexibility index (Phi) is 4.13. The van der Waals surface area contributed by atoms with E-state index in [0.717, 1.165) is 23.5 Å². The number of halogens is 1. The Morgan fingerprint density at radius 2 is 1.79 bits per heavy atom. The van der Waals surface area contributed by atoms with Crippen molar-refractivity contribution in [2.45, 2.75) is 27.2 Å². The monoisotopic (exact) mass is 329 g/mol. The molecule has 2 atom stereocenters. The zero-order valence-electron chi connectivity index (χ0n) is 13.9. The lowest BCUT2D eigenvalue weighted by Gasteiger charge is -2.10. The summed E-state index contributed by atoms with van der Waals surface area (Å²) in [5.41, 5.74) is 7.78. The Morgan fingerprint density at radius 3 is 2.38 bits per heavy atom. The van der Waals surface area contributed by atoms with Gasteiger partial charge in [-0.25, -0.2) is 4.39 Å². The number of aromatic nitrogens is 1. The minimum absolute atomic E-state index is 0.00283. The second kappa shape index (κ2) is 6.11. The lowest BCUT2D eigenvalue weighted by Crippen LogP contribution is -2.42. The van der Waals surface area contributed by atoms with Crippen LogP contribution in [0.5, 0.6) is 0 Å². The van der Waals surface area contributed by atoms with Crippen molar-refractivity contribution < 1.29 is 14.0 Å². The van der Waals surface area contributed by atoms with Gasteiger partial charge in [-0.3, -0.25) is 20.4 Å². The van der Waals surface area contributed by atoms with Crippen molar-refractivity contribution in [3.63, 3.8) is 0 Å². The first kappa shape index (κ1) is 16.2. The van der Waals surface area contributed by atoms with Crippen molar-refractivity contribution in [3.8, 4) is 5.69 Å². The highest BCUT2D eigenvalue weighted by Crippen LogP contribution is 2.37. The second-order valence-corrected chi connectivity index (χ2v) is 6.36. The third kappa shape index (κ3) is 3.04. The van der Waals surface area contributed by atoms with Crippen LogP contribution in [0.25, 0.3) is 5.69 Å². The Morgan fingerprint density at radius 1 is 1.17 bits per heavy atom. The largest absolute Gasteiger partial charge is 0.318 e. The minimum atomic E-state index is -0.363. The first-order valence-corrected chi connectivity index (χ1v) is 7.93. The summed E-state index contributed by atoms with van der Waals surface area (Å²) < 4.78 is 15.0. The number of rotatable bonds is 3. The quantitative estimate of drug-likeness (QED) is 0.851. The maximum absolute atomic E-state index is 13.1. The van der Waals surface area contributed by atoms with Gasteiger partial charge in [0.1, 0.15) is 5.82 Å². The highest BCUT2D eigenvalue weighted by Gasteiger charge is 2.39. The SMILES string of the molecule is Cc1cc(C(=O)NNC(=O)[C@@H]2C[C@H]2C)c(C)n1-c1ccc(F)cc1. The first-order valence-electron chi connectivity index (χ1n) is 7.93. The molecule has 1 aliphatic rings. The molecule has 0 spiro atoms. The highest BCUT2D eigenvalue weighted by atomic mass is 19.1. The van der Waals surface area contributed by atoms with Gasteiger partial charge in [0.2, 0.25) is 5.91 Å². The molecule has 24 heavy (non-hydrogen) atoms. The maximum Gasteiger partial charge on any atom is 0.271 e. The van der Waals surface area contributed by atoms with E-state index < -0.39 is 0 Å². The molecule has 2 amide bonds. The predicted molar refractivity (Wildman–Crippen MR) is 88.1 cm³/mol. The summed E-state index contributed by atoms with van der Waals surface area (Å²) in [6.07, 6.45) is 0.862. The van der Waals surface area contributed by atoms with E-state index in [0.29, 0.717) is 11.5 Å². The van der Waals surface area contributed by atoms with E-state index in [1.807, 2.05) is 25.3 Å². The molecule has 1 saturated carbocycles. The average Bonchev–Trinajstić information content (AvgIpc) is 3.21. The van der Waals surface area contributed by atoms with Gasteiger partial charge < -0.3 is 4.57 Å². The average molecular weight is 329 g/mol. The van der Waals surface area contributed by atoms with Crippen LogP contribution >= 0.6 is 0 Å². The number of hydrazine groups is 1. The first-order chi connectivity index (χ1) is 11.4. The molecular formula is C18H20FN3O2. The molecule has 1 fully saturated rings. The molecule has 2 N–H and O–H groups in total. The Bertz CT molecular complexity index is 795. The fraction of sp³-hybridized carbons (Fsp3) is 0.333. The maximum atomic E-state index is 13.1. The van der Waals surface area contributed by atoms with Gasteiger partial charge >= 0.3 is 0 Å². The molecule has 1 aromatic heterocycles. The van der Waals surface area contributed by atoms with Crippen molar-refractivity contribution >= 4 is 11.8 Å². The standard InChI is InChI=1S/C18H20FN3O2/c1-10-8-15(10)17(23)20-21-18(24)16-9-11(2)22(12(16)3)14-6-4-13(19)5-7-14/h4-7,9-10,15H,8H2,1-3H3,(H,20,23)(H,21,24)/t10-,15-/m1/s1. The molecule has 1 heterocycles. The van der Waals surface area contributed by atoms with Crippen LogP contribution in [0.4, 0.5) is 4.39 Å². The predicted octanol–water partition coefficient (Wildman–Crippen LogP) is 2.65. The Hall–Kier alpha value is -2.63. The summed E-state index contributed by atoms with van der Waals surface area (Å²) in [6.45, 7) is 5.69. The van der Waals surface area contributed by atoms with Gasteiger partial charge in [-0.15, -0.1) is 0 Å². The number of benzene rings is 1. The van der Waals surface area contributed by atoms with Crippen molar-refractivity contribution in [1.29, 1.82) is 0 Å². The van der Waals surface area contributed by atoms with Gasteiger partial charge in [0.25, 0.3) is 5.91 Å². The molecule has 1 aliphatic carbocycles. The normalized spacial score (nSPS) is 19.0. The Labute approximate surface area is 139 Å². The summed E-state index contributed by atoms with van der Waals surface area (Å²) >= 11 is 0. The van der Waals surface area contributed by atoms with E-state index in [-0.39, 0.29) is 23.5 Å². The van der Waals surface area contributed by atoms with Crippen molar-refractivity contribution in [2.24, 2.45) is 11.8 Å². The van der Waals surface area contributed by atoms with E-state index >= 15 is 0 Å². The fourth-order valence-electron chi connectivity index (χ4n) is 2.95. The molecule has 0 aliphatic heterocycles. The zero-order valence-corrected chi connectivity index (χ0v) is 13.9. The lowest BCUT2D eigenvalue weighted by atomic mass is 10.2. The number of amides is 2. The van der Waals surface area contributed by atoms with E-state index in [9.17, 15) is 14.0 Å². The molecule has 6 heteroatoms. The van der Waals surface area contributed by atoms with Crippen LogP contribution in [0, 0.1) is 31.5 Å². The number of hydrogen-bond acceptors (Lipinski definition) is 2. The van der Waals surface area contributed by atoms with E-state index in [2.05, 4.69) is 10.9 Å². The summed E-state index contributed by atoms with van der Waals surface area (Å²) in [5, 5.41) is 0. The van der Waals surface area contributed by atoms with Crippen LogP contribution in [0.1, 0.15) is 35.1 Å². The van der Waals surface area contributed by atoms with Gasteiger partial charge in [0.15, 0.2) is 0 Å². The zero-order chi connectivity index (χ0) is 17.4. The fourth-order valence-corrected chi connectivity index (χ4v) is 2.95. The Balaban J connectivity index is 1.76. The lowest BCUT2D eigenvalue weighted by molar-refractivity contribution is -0.123. The summed E-state index contributed by atoms with van der Waals surface area (Å²) in [6, 6.07) is 7.83. The van der Waals surface area contributed by atoms with Gasteiger partial charge in [-0.2, -0.15) is 0 Å². The number of nitrogens with one attached hydrogen (secondary N) is 2. The minimum Gasteiger partial charge on any atom is -0.318 e. The number of carbonyl (C=O) groups is 2. The van der Waals surface area contributed by atoms with E-state index in [1.165, 1.54) is 12.1 Å². The van der Waals surface area contributed by atoms with E-state index in [4.69, 9.17) is 0 Å². The van der Waals surface area contributed by atoms with Gasteiger partial charge in [0.05, 0.1) is 5.56 Å². The third-order valence-corrected chi connectivity index (χ3v) is 4.51. The van der Waals surface area contributed by atoms with E-state index in [1.54, 1.807) is 18.2 Å². The summed E-state index contributed by atoms with van der Waals surface area (Å²) in [7, 11) is 0. The number of carbonyl (C=O) groups excluding carboxylic acids is 2. The molecule has 0 radical (unpaired) electrons. The van der Waals surface area contributed by atoms with Gasteiger partial charge in [0, 0.05) is 23.0 Å². The topological polar surface area (TPSA) is 63.1 Å². The molecule has 3 rings (SSSR count). The third-order valence-electron chi connectivity index (χ3n) is 4.51. The number of nitrogens with zero attached hydrogens (tertiary/aromatic N) is 1. The smallest absolute Gasteiger partial charge is 0.271 e. The molecule has 0 saturated heterocycles.